The minimum Gasteiger partial charge on any atom is -0.356 e. The second-order valence-electron chi connectivity index (χ2n) is 5.34. The molecule has 2 heterocycles. The molecule has 106 valence electrons. The Kier molecular flexibility index (Phi) is 4.24. The van der Waals surface area contributed by atoms with Crippen molar-refractivity contribution in [1.29, 1.82) is 0 Å². The lowest BCUT2D eigenvalue weighted by Gasteiger charge is -2.37. The zero-order chi connectivity index (χ0) is 14.0. The molecule has 2 rings (SSSR count). The van der Waals surface area contributed by atoms with Gasteiger partial charge in [0.1, 0.15) is 5.82 Å². The third-order valence-corrected chi connectivity index (χ3v) is 4.24. The van der Waals surface area contributed by atoms with E-state index in [1.54, 1.807) is 0 Å². The molecule has 0 radical (unpaired) electrons. The maximum absolute atomic E-state index is 11.3. The van der Waals surface area contributed by atoms with Crippen LogP contribution in [0.3, 0.4) is 0 Å². The lowest BCUT2D eigenvalue weighted by molar-refractivity contribution is 0.112. The molecule has 1 aromatic rings. The van der Waals surface area contributed by atoms with Crippen LogP contribution in [-0.2, 0) is 7.05 Å². The van der Waals surface area contributed by atoms with E-state index in [0.29, 0.717) is 6.04 Å². The lowest BCUT2D eigenvalue weighted by atomic mass is 10.0. The molecule has 0 spiro atoms. The van der Waals surface area contributed by atoms with Crippen molar-refractivity contribution in [2.75, 3.05) is 31.6 Å². The molecule has 1 aliphatic rings. The number of likely N-dealkylation sites (tertiary alicyclic amines) is 1. The Morgan fingerprint density at radius 3 is 2.58 bits per heavy atom. The topological polar surface area (TPSA) is 41.4 Å². The van der Waals surface area contributed by atoms with E-state index >= 15 is 0 Å². The zero-order valence-corrected chi connectivity index (χ0v) is 12.4. The second kappa shape index (κ2) is 5.74. The average Bonchev–Trinajstić information content (AvgIpc) is 2.72. The van der Waals surface area contributed by atoms with Crippen LogP contribution < -0.4 is 4.90 Å². The first-order chi connectivity index (χ1) is 9.08. The minimum atomic E-state index is 0.497. The molecular weight excluding hydrogens is 240 g/mol. The summed E-state index contributed by atoms with van der Waals surface area (Å²) in [7, 11) is 3.99. The number of aldehydes is 1. The molecule has 0 N–H and O–H groups in total. The molecule has 0 saturated carbocycles. The first kappa shape index (κ1) is 14.1. The van der Waals surface area contributed by atoms with Crippen LogP contribution in [0, 0.1) is 6.92 Å². The highest BCUT2D eigenvalue weighted by molar-refractivity contribution is 5.84. The summed E-state index contributed by atoms with van der Waals surface area (Å²) < 4.78 is 1.82. The standard InChI is InChI=1S/C14H24N4O/c1-5-18-8-6-12(7-9-18)16(3)14-13(10-19)11(2)15-17(14)4/h10,12H,5-9H2,1-4H3. The largest absolute Gasteiger partial charge is 0.356 e. The predicted octanol–water partition coefficient (Wildman–Crippen LogP) is 1.46. The summed E-state index contributed by atoms with van der Waals surface area (Å²) in [5.74, 6) is 0.947. The molecule has 1 fully saturated rings. The van der Waals surface area contributed by atoms with Gasteiger partial charge in [0.25, 0.3) is 0 Å². The number of anilines is 1. The minimum absolute atomic E-state index is 0.497. The van der Waals surface area contributed by atoms with Gasteiger partial charge in [-0.15, -0.1) is 0 Å². The normalized spacial score (nSPS) is 17.7. The zero-order valence-electron chi connectivity index (χ0n) is 12.4. The van der Waals surface area contributed by atoms with Crippen LogP contribution in [0.1, 0.15) is 35.8 Å². The Morgan fingerprint density at radius 2 is 2.05 bits per heavy atom. The quantitative estimate of drug-likeness (QED) is 0.772. The van der Waals surface area contributed by atoms with Crippen LogP contribution in [0.25, 0.3) is 0 Å². The van der Waals surface area contributed by atoms with Gasteiger partial charge in [-0.2, -0.15) is 5.10 Å². The van der Waals surface area contributed by atoms with Crippen LogP contribution in [0.15, 0.2) is 0 Å². The lowest BCUT2D eigenvalue weighted by Crippen LogP contribution is -2.44. The number of carbonyl (C=O) groups is 1. The molecule has 0 atom stereocenters. The van der Waals surface area contributed by atoms with Crippen molar-refractivity contribution < 1.29 is 4.79 Å². The van der Waals surface area contributed by atoms with Crippen molar-refractivity contribution in [1.82, 2.24) is 14.7 Å². The van der Waals surface area contributed by atoms with Crippen molar-refractivity contribution in [3.63, 3.8) is 0 Å². The van der Waals surface area contributed by atoms with Crippen molar-refractivity contribution in [3.05, 3.63) is 11.3 Å². The molecule has 5 heteroatoms. The summed E-state index contributed by atoms with van der Waals surface area (Å²) in [5, 5.41) is 4.36. The van der Waals surface area contributed by atoms with Crippen molar-refractivity contribution in [2.24, 2.45) is 7.05 Å². The summed E-state index contributed by atoms with van der Waals surface area (Å²) >= 11 is 0. The fourth-order valence-electron chi connectivity index (χ4n) is 3.01. The molecule has 19 heavy (non-hydrogen) atoms. The number of rotatable bonds is 4. The van der Waals surface area contributed by atoms with Gasteiger partial charge in [0.15, 0.2) is 6.29 Å². The van der Waals surface area contributed by atoms with Crippen LogP contribution in [0.2, 0.25) is 0 Å². The Bertz CT molecular complexity index is 447. The van der Waals surface area contributed by atoms with Crippen LogP contribution in [0.4, 0.5) is 5.82 Å². The number of piperidine rings is 1. The van der Waals surface area contributed by atoms with E-state index in [2.05, 4.69) is 28.9 Å². The Balaban J connectivity index is 2.16. The number of aromatic nitrogens is 2. The molecule has 1 aliphatic heterocycles. The molecule has 1 saturated heterocycles. The number of carbonyl (C=O) groups excluding carboxylic acids is 1. The van der Waals surface area contributed by atoms with Crippen molar-refractivity contribution >= 4 is 12.1 Å². The molecule has 5 nitrogen and oxygen atoms in total. The molecule has 1 aromatic heterocycles. The van der Waals surface area contributed by atoms with Gasteiger partial charge in [0.05, 0.1) is 11.3 Å². The molecular formula is C14H24N4O. The van der Waals surface area contributed by atoms with E-state index in [9.17, 15) is 4.79 Å². The molecule has 0 amide bonds. The highest BCUT2D eigenvalue weighted by atomic mass is 16.1. The van der Waals surface area contributed by atoms with E-state index in [4.69, 9.17) is 0 Å². The Labute approximate surface area is 115 Å². The maximum Gasteiger partial charge on any atom is 0.155 e. The van der Waals surface area contributed by atoms with Gasteiger partial charge in [0.2, 0.25) is 0 Å². The maximum atomic E-state index is 11.3. The number of hydrogen-bond donors (Lipinski definition) is 0. The van der Waals surface area contributed by atoms with E-state index in [-0.39, 0.29) is 0 Å². The van der Waals surface area contributed by atoms with Crippen LogP contribution in [0.5, 0.6) is 0 Å². The van der Waals surface area contributed by atoms with E-state index in [1.807, 2.05) is 18.7 Å². The summed E-state index contributed by atoms with van der Waals surface area (Å²) in [5.41, 5.74) is 1.54. The van der Waals surface area contributed by atoms with E-state index < -0.39 is 0 Å². The smallest absolute Gasteiger partial charge is 0.155 e. The number of hydrogen-bond acceptors (Lipinski definition) is 4. The van der Waals surface area contributed by atoms with Gasteiger partial charge in [-0.3, -0.25) is 9.48 Å². The highest BCUT2D eigenvalue weighted by Gasteiger charge is 2.26. The van der Waals surface area contributed by atoms with Crippen molar-refractivity contribution in [2.45, 2.75) is 32.7 Å². The number of aryl methyl sites for hydroxylation is 2. The third-order valence-electron chi connectivity index (χ3n) is 4.24. The van der Waals surface area contributed by atoms with Crippen LogP contribution >= 0.6 is 0 Å². The SMILES string of the molecule is CCN1CCC(N(C)c2c(C=O)c(C)nn2C)CC1. The summed E-state index contributed by atoms with van der Waals surface area (Å²) in [6.07, 6.45) is 3.22. The predicted molar refractivity (Wildman–Crippen MR) is 76.9 cm³/mol. The van der Waals surface area contributed by atoms with Crippen LogP contribution in [-0.4, -0.2) is 53.7 Å². The van der Waals surface area contributed by atoms with Gasteiger partial charge in [-0.05, 0) is 26.3 Å². The average molecular weight is 264 g/mol. The number of nitrogens with zero attached hydrogens (tertiary/aromatic N) is 4. The molecule has 0 aliphatic carbocycles. The van der Waals surface area contributed by atoms with Gasteiger partial charge in [-0.1, -0.05) is 6.92 Å². The van der Waals surface area contributed by atoms with E-state index in [0.717, 1.165) is 55.8 Å². The third kappa shape index (κ3) is 2.66. The second-order valence-corrected chi connectivity index (χ2v) is 5.34. The summed E-state index contributed by atoms with van der Waals surface area (Å²) in [6, 6.07) is 0.497. The summed E-state index contributed by atoms with van der Waals surface area (Å²) in [6.45, 7) is 7.50. The molecule has 0 aromatic carbocycles. The Morgan fingerprint density at radius 1 is 1.42 bits per heavy atom. The first-order valence-corrected chi connectivity index (χ1v) is 7.02. The van der Waals surface area contributed by atoms with Gasteiger partial charge < -0.3 is 9.80 Å². The first-order valence-electron chi connectivity index (χ1n) is 7.02. The van der Waals surface area contributed by atoms with Gasteiger partial charge in [0, 0.05) is 33.2 Å². The molecule has 0 bridgehead atoms. The van der Waals surface area contributed by atoms with E-state index in [1.165, 1.54) is 0 Å². The van der Waals surface area contributed by atoms with Crippen molar-refractivity contribution in [3.8, 4) is 0 Å². The molecule has 0 unspecified atom stereocenters. The highest BCUT2D eigenvalue weighted by Crippen LogP contribution is 2.26. The fraction of sp³-hybridized carbons (Fsp3) is 0.714. The van der Waals surface area contributed by atoms with Gasteiger partial charge >= 0.3 is 0 Å². The Hall–Kier alpha value is -1.36. The van der Waals surface area contributed by atoms with Gasteiger partial charge in [-0.25, -0.2) is 0 Å². The summed E-state index contributed by atoms with van der Waals surface area (Å²) in [4.78, 5) is 16.0. The fourth-order valence-corrected chi connectivity index (χ4v) is 3.01. The monoisotopic (exact) mass is 264 g/mol.